The quantitative estimate of drug-likeness (QED) is 0.621. The van der Waals surface area contributed by atoms with E-state index < -0.39 is 0 Å². The zero-order valence-corrected chi connectivity index (χ0v) is 11.3. The fourth-order valence-electron chi connectivity index (χ4n) is 1.22. The van der Waals surface area contributed by atoms with Gasteiger partial charge in [0.25, 0.3) is 0 Å². The van der Waals surface area contributed by atoms with Crippen LogP contribution in [0, 0.1) is 3.57 Å². The van der Waals surface area contributed by atoms with Gasteiger partial charge in [0, 0.05) is 15.3 Å². The number of halogens is 2. The predicted molar refractivity (Wildman–Crippen MR) is 72.7 cm³/mol. The van der Waals surface area contributed by atoms with E-state index in [0.717, 1.165) is 14.9 Å². The van der Waals surface area contributed by atoms with Crippen LogP contribution in [0.5, 0.6) is 5.75 Å². The topological polar surface area (TPSA) is 22.1 Å². The maximum atomic E-state index is 5.70. The van der Waals surface area contributed by atoms with Crippen molar-refractivity contribution in [3.8, 4) is 5.75 Å². The number of aromatic nitrogens is 1. The molecule has 16 heavy (non-hydrogen) atoms. The van der Waals surface area contributed by atoms with Crippen LogP contribution in [0.1, 0.15) is 5.56 Å². The normalized spacial score (nSPS) is 10.1. The second-order valence-corrected chi connectivity index (χ2v) is 4.87. The Kier molecular flexibility index (Phi) is 4.01. The second kappa shape index (κ2) is 5.50. The first kappa shape index (κ1) is 11.7. The summed E-state index contributed by atoms with van der Waals surface area (Å²) >= 11 is 7.95. The third kappa shape index (κ3) is 3.35. The standard InChI is InChI=1S/C12H9ClINO/c13-12-5-4-9(7-15-12)8-16-11-3-1-2-10(14)6-11/h1-7H,8H2. The minimum absolute atomic E-state index is 0.498. The third-order valence-corrected chi connectivity index (χ3v) is 2.88. The summed E-state index contributed by atoms with van der Waals surface area (Å²) < 4.78 is 6.78. The van der Waals surface area contributed by atoms with Gasteiger partial charge in [0.05, 0.1) is 0 Å². The molecule has 2 aromatic rings. The van der Waals surface area contributed by atoms with Crippen LogP contribution in [0.4, 0.5) is 0 Å². The van der Waals surface area contributed by atoms with Gasteiger partial charge in [-0.2, -0.15) is 0 Å². The largest absolute Gasteiger partial charge is 0.489 e. The molecule has 1 aromatic heterocycles. The molecule has 0 unspecified atom stereocenters. The highest BCUT2D eigenvalue weighted by Crippen LogP contribution is 2.16. The average molecular weight is 346 g/mol. The molecule has 0 aliphatic carbocycles. The highest BCUT2D eigenvalue weighted by Gasteiger charge is 1.97. The van der Waals surface area contributed by atoms with Gasteiger partial charge in [0.1, 0.15) is 17.5 Å². The van der Waals surface area contributed by atoms with Gasteiger partial charge in [-0.1, -0.05) is 23.7 Å². The molecule has 1 heterocycles. The summed E-state index contributed by atoms with van der Waals surface area (Å²) in [7, 11) is 0. The van der Waals surface area contributed by atoms with Crippen molar-refractivity contribution in [2.75, 3.05) is 0 Å². The Bertz CT molecular complexity index is 473. The molecule has 0 fully saturated rings. The number of hydrogen-bond acceptors (Lipinski definition) is 2. The Morgan fingerprint density at radius 1 is 1.25 bits per heavy atom. The van der Waals surface area contributed by atoms with E-state index in [1.807, 2.05) is 30.3 Å². The summed E-state index contributed by atoms with van der Waals surface area (Å²) in [4.78, 5) is 3.99. The molecular formula is C12H9ClINO. The zero-order chi connectivity index (χ0) is 11.4. The van der Waals surface area contributed by atoms with Crippen LogP contribution in [0.25, 0.3) is 0 Å². The van der Waals surface area contributed by atoms with Gasteiger partial charge < -0.3 is 4.74 Å². The van der Waals surface area contributed by atoms with E-state index in [9.17, 15) is 0 Å². The minimum atomic E-state index is 0.498. The first-order valence-corrected chi connectivity index (χ1v) is 6.18. The lowest BCUT2D eigenvalue weighted by atomic mass is 10.3. The van der Waals surface area contributed by atoms with E-state index in [0.29, 0.717) is 11.8 Å². The van der Waals surface area contributed by atoms with Gasteiger partial charge in [-0.3, -0.25) is 0 Å². The van der Waals surface area contributed by atoms with E-state index in [1.54, 1.807) is 12.3 Å². The Balaban J connectivity index is 1.99. The van der Waals surface area contributed by atoms with Gasteiger partial charge in [-0.15, -0.1) is 0 Å². The number of pyridine rings is 1. The lowest BCUT2D eigenvalue weighted by Crippen LogP contribution is -1.96. The van der Waals surface area contributed by atoms with Crippen LogP contribution in [-0.2, 0) is 6.61 Å². The maximum absolute atomic E-state index is 5.70. The summed E-state index contributed by atoms with van der Waals surface area (Å²) in [6, 6.07) is 11.6. The van der Waals surface area contributed by atoms with Gasteiger partial charge >= 0.3 is 0 Å². The predicted octanol–water partition coefficient (Wildman–Crippen LogP) is 3.92. The van der Waals surface area contributed by atoms with Crippen LogP contribution in [-0.4, -0.2) is 4.98 Å². The number of rotatable bonds is 3. The molecule has 0 N–H and O–H groups in total. The molecule has 0 aliphatic heterocycles. The summed E-state index contributed by atoms with van der Waals surface area (Å²) in [6.45, 7) is 0.504. The highest BCUT2D eigenvalue weighted by molar-refractivity contribution is 14.1. The fraction of sp³-hybridized carbons (Fsp3) is 0.0833. The molecule has 0 radical (unpaired) electrons. The zero-order valence-electron chi connectivity index (χ0n) is 8.36. The van der Waals surface area contributed by atoms with Crippen molar-refractivity contribution in [3.05, 3.63) is 56.9 Å². The third-order valence-electron chi connectivity index (χ3n) is 1.99. The van der Waals surface area contributed by atoms with Crippen molar-refractivity contribution in [3.63, 3.8) is 0 Å². The van der Waals surface area contributed by atoms with Crippen LogP contribution >= 0.6 is 34.2 Å². The molecular weight excluding hydrogens is 336 g/mol. The van der Waals surface area contributed by atoms with Crippen molar-refractivity contribution in [2.24, 2.45) is 0 Å². The monoisotopic (exact) mass is 345 g/mol. The van der Waals surface area contributed by atoms with Gasteiger partial charge in [0.15, 0.2) is 0 Å². The molecule has 0 amide bonds. The lowest BCUT2D eigenvalue weighted by Gasteiger charge is -2.06. The molecule has 2 nitrogen and oxygen atoms in total. The maximum Gasteiger partial charge on any atom is 0.129 e. The van der Waals surface area contributed by atoms with Gasteiger partial charge in [-0.05, 0) is 46.9 Å². The first-order chi connectivity index (χ1) is 7.74. The number of benzene rings is 1. The lowest BCUT2D eigenvalue weighted by molar-refractivity contribution is 0.305. The van der Waals surface area contributed by atoms with Gasteiger partial charge in [-0.25, -0.2) is 4.98 Å². The molecule has 1 aromatic carbocycles. The molecule has 0 aliphatic rings. The van der Waals surface area contributed by atoms with Crippen molar-refractivity contribution >= 4 is 34.2 Å². The SMILES string of the molecule is Clc1ccc(COc2cccc(I)c2)cn1. The Morgan fingerprint density at radius 3 is 2.81 bits per heavy atom. The van der Waals surface area contributed by atoms with E-state index in [1.165, 1.54) is 0 Å². The van der Waals surface area contributed by atoms with E-state index in [4.69, 9.17) is 16.3 Å². The average Bonchev–Trinajstić information content (AvgIpc) is 2.28. The van der Waals surface area contributed by atoms with Crippen LogP contribution in [0.3, 0.4) is 0 Å². The molecule has 0 spiro atoms. The first-order valence-electron chi connectivity index (χ1n) is 4.73. The van der Waals surface area contributed by atoms with Crippen molar-refractivity contribution in [1.82, 2.24) is 4.98 Å². The van der Waals surface area contributed by atoms with Gasteiger partial charge in [0.2, 0.25) is 0 Å². The summed E-state index contributed by atoms with van der Waals surface area (Å²) in [5, 5.41) is 0.498. The molecule has 0 bridgehead atoms. The summed E-state index contributed by atoms with van der Waals surface area (Å²) in [5.41, 5.74) is 1.00. The summed E-state index contributed by atoms with van der Waals surface area (Å²) in [6.07, 6.45) is 1.72. The number of hydrogen-bond donors (Lipinski definition) is 0. The Labute approximate surface area is 113 Å². The molecule has 0 saturated heterocycles. The molecule has 4 heteroatoms. The fourth-order valence-corrected chi connectivity index (χ4v) is 1.84. The van der Waals surface area contributed by atoms with Crippen LogP contribution in [0.15, 0.2) is 42.6 Å². The van der Waals surface area contributed by atoms with Crippen molar-refractivity contribution < 1.29 is 4.74 Å². The molecule has 0 atom stereocenters. The van der Waals surface area contributed by atoms with E-state index in [-0.39, 0.29) is 0 Å². The minimum Gasteiger partial charge on any atom is -0.489 e. The molecule has 0 saturated carbocycles. The van der Waals surface area contributed by atoms with Crippen LogP contribution in [0.2, 0.25) is 5.15 Å². The second-order valence-electron chi connectivity index (χ2n) is 3.24. The Hall–Kier alpha value is -0.810. The van der Waals surface area contributed by atoms with E-state index >= 15 is 0 Å². The van der Waals surface area contributed by atoms with Crippen molar-refractivity contribution in [1.29, 1.82) is 0 Å². The summed E-state index contributed by atoms with van der Waals surface area (Å²) in [5.74, 6) is 0.863. The molecule has 2 rings (SSSR count). The van der Waals surface area contributed by atoms with E-state index in [2.05, 4.69) is 27.6 Å². The number of ether oxygens (including phenoxy) is 1. The van der Waals surface area contributed by atoms with Crippen molar-refractivity contribution in [2.45, 2.75) is 6.61 Å². The molecule has 82 valence electrons. The number of nitrogens with zero attached hydrogens (tertiary/aromatic N) is 1. The highest BCUT2D eigenvalue weighted by atomic mass is 127. The van der Waals surface area contributed by atoms with Crippen LogP contribution < -0.4 is 4.74 Å². The Morgan fingerprint density at radius 2 is 2.12 bits per heavy atom. The smallest absolute Gasteiger partial charge is 0.129 e.